The molecule has 1 aliphatic carbocycles. The molecule has 7 nitrogen and oxygen atoms in total. The number of carbonyl (C=O) groups is 3. The number of benzene rings is 1. The van der Waals surface area contributed by atoms with Crippen molar-refractivity contribution in [1.29, 1.82) is 0 Å². The summed E-state index contributed by atoms with van der Waals surface area (Å²) in [6.45, 7) is 1.19. The molecule has 0 unspecified atom stereocenters. The third kappa shape index (κ3) is 3.06. The highest BCUT2D eigenvalue weighted by atomic mass is 35.5. The summed E-state index contributed by atoms with van der Waals surface area (Å²) in [5.41, 5.74) is 0.952. The Morgan fingerprint density at radius 3 is 2.53 bits per heavy atom. The van der Waals surface area contributed by atoms with Crippen molar-refractivity contribution in [2.45, 2.75) is 18.4 Å². The van der Waals surface area contributed by atoms with Gasteiger partial charge in [-0.05, 0) is 37.1 Å². The maximum absolute atomic E-state index is 13.1. The summed E-state index contributed by atoms with van der Waals surface area (Å²) in [5, 5.41) is 0.881. The van der Waals surface area contributed by atoms with Gasteiger partial charge in [-0.3, -0.25) is 14.4 Å². The zero-order valence-electron chi connectivity index (χ0n) is 16.1. The van der Waals surface area contributed by atoms with Gasteiger partial charge in [-0.2, -0.15) is 0 Å². The van der Waals surface area contributed by atoms with E-state index < -0.39 is 17.2 Å². The normalized spacial score (nSPS) is 17.4. The third-order valence-electron chi connectivity index (χ3n) is 5.98. The number of fused-ring (bicyclic) bond motifs is 1. The van der Waals surface area contributed by atoms with Crippen LogP contribution in [0.25, 0.3) is 11.0 Å². The molecule has 3 heterocycles. The van der Waals surface area contributed by atoms with E-state index in [9.17, 15) is 14.4 Å². The Balaban J connectivity index is 1.36. The minimum absolute atomic E-state index is 0.0418. The summed E-state index contributed by atoms with van der Waals surface area (Å²) in [7, 11) is 0. The molecule has 8 heteroatoms. The average Bonchev–Trinajstić information content (AvgIpc) is 3.40. The van der Waals surface area contributed by atoms with Crippen molar-refractivity contribution in [3.63, 3.8) is 0 Å². The monoisotopic (exact) mass is 422 g/mol. The van der Waals surface area contributed by atoms with Crippen molar-refractivity contribution in [2.75, 3.05) is 19.6 Å². The number of aromatic amines is 1. The third-order valence-corrected chi connectivity index (χ3v) is 6.19. The Morgan fingerprint density at radius 2 is 1.80 bits per heavy atom. The smallest absolute Gasteiger partial charge is 0.295 e. The number of aromatic nitrogens is 2. The predicted molar refractivity (Wildman–Crippen MR) is 111 cm³/mol. The van der Waals surface area contributed by atoms with Crippen LogP contribution in [0.15, 0.2) is 48.7 Å². The minimum atomic E-state index is -0.570. The Bertz CT molecular complexity index is 1170. The molecule has 5 rings (SSSR count). The van der Waals surface area contributed by atoms with E-state index in [1.165, 1.54) is 6.20 Å². The van der Waals surface area contributed by atoms with Crippen LogP contribution in [-0.4, -0.2) is 62.5 Å². The molecule has 152 valence electrons. The van der Waals surface area contributed by atoms with Gasteiger partial charge in [-0.15, -0.1) is 0 Å². The highest BCUT2D eigenvalue weighted by Gasteiger charge is 2.55. The molecule has 2 aromatic heterocycles. The number of Topliss-reactive ketones (excluding diaryl/α,β-unsaturated/α-hetero) is 1. The van der Waals surface area contributed by atoms with Crippen LogP contribution in [0.3, 0.4) is 0 Å². The van der Waals surface area contributed by atoms with E-state index in [1.807, 2.05) is 18.2 Å². The van der Waals surface area contributed by atoms with Crippen molar-refractivity contribution in [1.82, 2.24) is 19.8 Å². The van der Waals surface area contributed by atoms with E-state index in [0.717, 1.165) is 12.8 Å². The minimum Gasteiger partial charge on any atom is -0.345 e. The lowest BCUT2D eigenvalue weighted by atomic mass is 10.0. The van der Waals surface area contributed by atoms with Gasteiger partial charge in [0.1, 0.15) is 10.8 Å². The second-order valence-corrected chi connectivity index (χ2v) is 8.22. The lowest BCUT2D eigenvalue weighted by Crippen LogP contribution is -2.59. The lowest BCUT2D eigenvalue weighted by Gasteiger charge is -2.41. The van der Waals surface area contributed by atoms with Gasteiger partial charge in [0, 0.05) is 36.8 Å². The molecule has 1 spiro atoms. The van der Waals surface area contributed by atoms with Crippen LogP contribution in [0.4, 0.5) is 0 Å². The van der Waals surface area contributed by atoms with Gasteiger partial charge in [-0.1, -0.05) is 29.8 Å². The zero-order valence-corrected chi connectivity index (χ0v) is 16.9. The van der Waals surface area contributed by atoms with Crippen LogP contribution in [0.1, 0.15) is 33.6 Å². The van der Waals surface area contributed by atoms with Gasteiger partial charge in [0.15, 0.2) is 0 Å². The molecule has 2 amide bonds. The fourth-order valence-electron chi connectivity index (χ4n) is 4.21. The second-order valence-electron chi connectivity index (χ2n) is 7.84. The first-order valence-corrected chi connectivity index (χ1v) is 10.2. The molecule has 1 aromatic carbocycles. The molecule has 1 aliphatic heterocycles. The van der Waals surface area contributed by atoms with Crippen LogP contribution in [0, 0.1) is 0 Å². The number of ketones is 1. The molecule has 3 aromatic rings. The molecule has 2 aliphatic rings. The summed E-state index contributed by atoms with van der Waals surface area (Å²) in [6.07, 6.45) is 3.08. The predicted octanol–water partition coefficient (Wildman–Crippen LogP) is 2.92. The largest absolute Gasteiger partial charge is 0.345 e. The fraction of sp³-hybridized carbons (Fsp3) is 0.273. The van der Waals surface area contributed by atoms with Gasteiger partial charge in [-0.25, -0.2) is 4.98 Å². The van der Waals surface area contributed by atoms with E-state index in [0.29, 0.717) is 41.4 Å². The molecule has 1 saturated heterocycles. The number of amides is 2. The average molecular weight is 423 g/mol. The van der Waals surface area contributed by atoms with E-state index in [2.05, 4.69) is 9.97 Å². The Kier molecular flexibility index (Phi) is 4.36. The van der Waals surface area contributed by atoms with Crippen LogP contribution in [0.2, 0.25) is 5.15 Å². The van der Waals surface area contributed by atoms with Crippen LogP contribution in [0.5, 0.6) is 0 Å². The van der Waals surface area contributed by atoms with Crippen molar-refractivity contribution in [3.05, 3.63) is 64.9 Å². The van der Waals surface area contributed by atoms with E-state index in [4.69, 9.17) is 11.6 Å². The van der Waals surface area contributed by atoms with Gasteiger partial charge in [0.2, 0.25) is 0 Å². The number of hydrogen-bond donors (Lipinski definition) is 1. The summed E-state index contributed by atoms with van der Waals surface area (Å²) >= 11 is 5.90. The SMILES string of the molecule is O=C(C(=O)N1CCN(C(=O)c2ccccc2)CC12CC2)c1c[nH]c2nc(Cl)ccc12. The molecule has 1 N–H and O–H groups in total. The maximum atomic E-state index is 13.1. The van der Waals surface area contributed by atoms with Crippen molar-refractivity contribution in [2.24, 2.45) is 0 Å². The van der Waals surface area contributed by atoms with E-state index in [1.54, 1.807) is 34.1 Å². The Hall–Kier alpha value is -3.19. The molecular weight excluding hydrogens is 404 g/mol. The van der Waals surface area contributed by atoms with Gasteiger partial charge >= 0.3 is 0 Å². The fourth-order valence-corrected chi connectivity index (χ4v) is 4.36. The highest BCUT2D eigenvalue weighted by molar-refractivity contribution is 6.45. The van der Waals surface area contributed by atoms with Crippen LogP contribution in [-0.2, 0) is 4.79 Å². The molecule has 30 heavy (non-hydrogen) atoms. The summed E-state index contributed by atoms with van der Waals surface area (Å²) in [5.74, 6) is -1.14. The number of H-pyrrole nitrogens is 1. The van der Waals surface area contributed by atoms with E-state index in [-0.39, 0.29) is 11.5 Å². The standard InChI is InChI=1S/C22H19ClN4O3/c23-17-7-6-15-16(12-24-19(15)25-17)18(28)21(30)27-11-10-26(13-22(27)8-9-22)20(29)14-4-2-1-3-5-14/h1-7,12H,8-11,13H2,(H,24,25). The molecular formula is C22H19ClN4O3. The summed E-state index contributed by atoms with van der Waals surface area (Å²) in [6, 6.07) is 12.4. The van der Waals surface area contributed by atoms with Crippen molar-refractivity contribution >= 4 is 40.2 Å². The van der Waals surface area contributed by atoms with Crippen molar-refractivity contribution in [3.8, 4) is 0 Å². The lowest BCUT2D eigenvalue weighted by molar-refractivity contribution is -0.131. The number of rotatable bonds is 3. The summed E-state index contributed by atoms with van der Waals surface area (Å²) < 4.78 is 0. The number of carbonyl (C=O) groups excluding carboxylic acids is 3. The zero-order chi connectivity index (χ0) is 20.9. The number of nitrogens with zero attached hydrogens (tertiary/aromatic N) is 3. The quantitative estimate of drug-likeness (QED) is 0.399. The van der Waals surface area contributed by atoms with Crippen LogP contribution < -0.4 is 0 Å². The first-order chi connectivity index (χ1) is 14.5. The molecule has 0 atom stereocenters. The Labute approximate surface area is 177 Å². The topological polar surface area (TPSA) is 86.4 Å². The highest BCUT2D eigenvalue weighted by Crippen LogP contribution is 2.44. The molecule has 2 fully saturated rings. The number of nitrogens with one attached hydrogen (secondary N) is 1. The summed E-state index contributed by atoms with van der Waals surface area (Å²) in [4.78, 5) is 49.4. The number of hydrogen-bond acceptors (Lipinski definition) is 4. The van der Waals surface area contributed by atoms with Gasteiger partial charge < -0.3 is 14.8 Å². The van der Waals surface area contributed by atoms with E-state index >= 15 is 0 Å². The number of piperazine rings is 1. The van der Waals surface area contributed by atoms with Gasteiger partial charge in [0.05, 0.1) is 11.1 Å². The van der Waals surface area contributed by atoms with Crippen molar-refractivity contribution < 1.29 is 14.4 Å². The first kappa shape index (κ1) is 18.8. The van der Waals surface area contributed by atoms with Crippen LogP contribution >= 0.6 is 11.6 Å². The number of halogens is 1. The maximum Gasteiger partial charge on any atom is 0.295 e. The second kappa shape index (κ2) is 6.95. The first-order valence-electron chi connectivity index (χ1n) is 9.83. The Morgan fingerprint density at radius 1 is 1.03 bits per heavy atom. The molecule has 0 bridgehead atoms. The number of pyridine rings is 1. The molecule has 1 saturated carbocycles. The molecule has 0 radical (unpaired) electrons. The van der Waals surface area contributed by atoms with Gasteiger partial charge in [0.25, 0.3) is 17.6 Å².